The van der Waals surface area contributed by atoms with Gasteiger partial charge in [0.25, 0.3) is 0 Å². The van der Waals surface area contributed by atoms with Crippen LogP contribution in [-0.2, 0) is 0 Å². The molecule has 0 N–H and O–H groups in total. The van der Waals surface area contributed by atoms with E-state index in [-0.39, 0.29) is 0 Å². The topological polar surface area (TPSA) is 6.48 Å². The van der Waals surface area contributed by atoms with Crippen LogP contribution in [0.1, 0.15) is 220 Å². The Balaban J connectivity index is 2.18. The predicted octanol–water partition coefficient (Wildman–Crippen LogP) is 13.6. The van der Waals surface area contributed by atoms with E-state index in [1.54, 1.807) is 0 Å². The summed E-state index contributed by atoms with van der Waals surface area (Å²) in [6.07, 6.45) is 49.9. The molecule has 244 valence electrons. The number of unbranched alkanes of at least 4 members (excludes halogenated alkanes) is 27. The fourth-order valence-electron chi connectivity index (χ4n) is 6.72. The highest BCUT2D eigenvalue weighted by atomic mass is 15.4. The lowest BCUT2D eigenvalue weighted by molar-refractivity contribution is 0.135. The molecule has 0 aromatic rings. The van der Waals surface area contributed by atoms with E-state index in [1.165, 1.54) is 212 Å². The minimum atomic E-state index is 0.640. The molecule has 0 saturated heterocycles. The highest BCUT2D eigenvalue weighted by molar-refractivity contribution is 4.97. The number of nitrogens with zero attached hydrogens (tertiary/aromatic N) is 2. The van der Waals surface area contributed by atoms with Crippen LogP contribution in [0.4, 0.5) is 0 Å². The second-order valence-corrected chi connectivity index (χ2v) is 13.6. The summed E-state index contributed by atoms with van der Waals surface area (Å²) in [7, 11) is 0. The van der Waals surface area contributed by atoms with E-state index in [2.05, 4.69) is 43.0 Å². The number of hydrogen-bond acceptors (Lipinski definition) is 2. The molecule has 1 atom stereocenters. The summed E-state index contributed by atoms with van der Waals surface area (Å²) in [6, 6.07) is 0. The third-order valence-electron chi connectivity index (χ3n) is 9.57. The van der Waals surface area contributed by atoms with Crippen LogP contribution in [0.3, 0.4) is 0 Å². The van der Waals surface area contributed by atoms with Gasteiger partial charge in [-0.3, -0.25) is 0 Å². The molecule has 1 aliphatic heterocycles. The quantitative estimate of drug-likeness (QED) is 0.0719. The Morgan fingerprint density at radius 3 is 0.854 bits per heavy atom. The molecule has 0 fully saturated rings. The van der Waals surface area contributed by atoms with Crippen LogP contribution in [0.2, 0.25) is 0 Å². The maximum atomic E-state index is 2.71. The maximum Gasteiger partial charge on any atom is 0.101 e. The molecule has 1 heterocycles. The molecule has 0 amide bonds. The Labute approximate surface area is 260 Å². The van der Waals surface area contributed by atoms with E-state index in [9.17, 15) is 0 Å². The lowest BCUT2D eigenvalue weighted by atomic mass is 10.0. The van der Waals surface area contributed by atoms with Gasteiger partial charge in [-0.05, 0) is 25.7 Å². The van der Waals surface area contributed by atoms with Crippen LogP contribution in [0.5, 0.6) is 0 Å². The Morgan fingerprint density at radius 1 is 0.317 bits per heavy atom. The lowest BCUT2D eigenvalue weighted by Gasteiger charge is -2.33. The van der Waals surface area contributed by atoms with Crippen molar-refractivity contribution >= 4 is 0 Å². The SMILES string of the molecule is CCCCCCCCCCCCCCCCN1C=CN(CCCCCCCCCCC)C1CCCCCCCCC. The summed E-state index contributed by atoms with van der Waals surface area (Å²) in [4.78, 5) is 5.42. The molecule has 41 heavy (non-hydrogen) atoms. The summed E-state index contributed by atoms with van der Waals surface area (Å²) in [5.41, 5.74) is 0. The summed E-state index contributed by atoms with van der Waals surface area (Å²) in [6.45, 7) is 9.48. The van der Waals surface area contributed by atoms with Crippen molar-refractivity contribution in [2.24, 2.45) is 0 Å². The van der Waals surface area contributed by atoms with Gasteiger partial charge in [0.2, 0.25) is 0 Å². The largest absolute Gasteiger partial charge is 0.356 e. The van der Waals surface area contributed by atoms with Gasteiger partial charge in [-0.1, -0.05) is 194 Å². The fourth-order valence-corrected chi connectivity index (χ4v) is 6.72. The molecule has 0 radical (unpaired) electrons. The molecular formula is C39H78N2. The zero-order valence-corrected chi connectivity index (χ0v) is 29.0. The van der Waals surface area contributed by atoms with Crippen molar-refractivity contribution in [3.05, 3.63) is 12.4 Å². The third-order valence-corrected chi connectivity index (χ3v) is 9.57. The van der Waals surface area contributed by atoms with E-state index in [0.29, 0.717) is 6.17 Å². The standard InChI is InChI=1S/C39H78N2/c1-4-7-10-13-16-18-19-20-21-22-24-27-30-33-36-41-38-37-40(35-32-29-26-23-17-14-11-8-5-2)39(41)34-31-28-25-15-12-9-6-3/h37-39H,4-36H2,1-3H3. The highest BCUT2D eigenvalue weighted by Gasteiger charge is 2.24. The summed E-state index contributed by atoms with van der Waals surface area (Å²) in [5, 5.41) is 0. The first-order valence-corrected chi connectivity index (χ1v) is 19.5. The van der Waals surface area contributed by atoms with E-state index in [0.717, 1.165) is 0 Å². The predicted molar refractivity (Wildman–Crippen MR) is 186 cm³/mol. The molecule has 0 spiro atoms. The fraction of sp³-hybridized carbons (Fsp3) is 0.949. The molecule has 1 unspecified atom stereocenters. The minimum Gasteiger partial charge on any atom is -0.356 e. The van der Waals surface area contributed by atoms with Crippen molar-refractivity contribution in [1.82, 2.24) is 9.80 Å². The Hall–Kier alpha value is -0.660. The van der Waals surface area contributed by atoms with Gasteiger partial charge >= 0.3 is 0 Å². The average molecular weight is 575 g/mol. The van der Waals surface area contributed by atoms with Crippen LogP contribution < -0.4 is 0 Å². The van der Waals surface area contributed by atoms with Crippen LogP contribution >= 0.6 is 0 Å². The van der Waals surface area contributed by atoms with Crippen LogP contribution in [0, 0.1) is 0 Å². The molecule has 0 aromatic carbocycles. The van der Waals surface area contributed by atoms with Crippen molar-refractivity contribution in [3.8, 4) is 0 Å². The molecule has 1 rings (SSSR count). The van der Waals surface area contributed by atoms with Crippen LogP contribution in [0.15, 0.2) is 12.4 Å². The lowest BCUT2D eigenvalue weighted by Crippen LogP contribution is -2.39. The van der Waals surface area contributed by atoms with Gasteiger partial charge in [0, 0.05) is 25.5 Å². The maximum absolute atomic E-state index is 2.71. The number of hydrogen-bond donors (Lipinski definition) is 0. The zero-order valence-electron chi connectivity index (χ0n) is 29.0. The van der Waals surface area contributed by atoms with E-state index < -0.39 is 0 Å². The molecular weight excluding hydrogens is 496 g/mol. The normalized spacial score (nSPS) is 15.0. The molecule has 2 heteroatoms. The summed E-state index contributed by atoms with van der Waals surface area (Å²) >= 11 is 0. The van der Waals surface area contributed by atoms with Crippen molar-refractivity contribution in [2.75, 3.05) is 13.1 Å². The Morgan fingerprint density at radius 2 is 0.561 bits per heavy atom. The van der Waals surface area contributed by atoms with Gasteiger partial charge in [-0.15, -0.1) is 0 Å². The van der Waals surface area contributed by atoms with E-state index in [1.807, 2.05) is 0 Å². The monoisotopic (exact) mass is 575 g/mol. The molecule has 0 saturated carbocycles. The van der Waals surface area contributed by atoms with Gasteiger partial charge in [-0.25, -0.2) is 0 Å². The zero-order chi connectivity index (χ0) is 29.5. The van der Waals surface area contributed by atoms with Crippen molar-refractivity contribution in [1.29, 1.82) is 0 Å². The van der Waals surface area contributed by atoms with Crippen LogP contribution in [-0.4, -0.2) is 29.1 Å². The van der Waals surface area contributed by atoms with Crippen molar-refractivity contribution in [2.45, 2.75) is 226 Å². The van der Waals surface area contributed by atoms with Crippen LogP contribution in [0.25, 0.3) is 0 Å². The smallest absolute Gasteiger partial charge is 0.101 e. The minimum absolute atomic E-state index is 0.640. The van der Waals surface area contributed by atoms with E-state index >= 15 is 0 Å². The summed E-state index contributed by atoms with van der Waals surface area (Å²) in [5.74, 6) is 0. The van der Waals surface area contributed by atoms with E-state index in [4.69, 9.17) is 0 Å². The molecule has 2 nitrogen and oxygen atoms in total. The van der Waals surface area contributed by atoms with Gasteiger partial charge in [0.1, 0.15) is 6.17 Å². The Bertz CT molecular complexity index is 530. The molecule has 1 aliphatic rings. The second kappa shape index (κ2) is 30.8. The van der Waals surface area contributed by atoms with Crippen molar-refractivity contribution < 1.29 is 0 Å². The van der Waals surface area contributed by atoms with Gasteiger partial charge in [0.05, 0.1) is 0 Å². The summed E-state index contributed by atoms with van der Waals surface area (Å²) < 4.78 is 0. The number of rotatable bonds is 33. The Kier molecular flexibility index (Phi) is 28.8. The van der Waals surface area contributed by atoms with Gasteiger partial charge < -0.3 is 9.80 Å². The third kappa shape index (κ3) is 23.5. The van der Waals surface area contributed by atoms with Crippen molar-refractivity contribution in [3.63, 3.8) is 0 Å². The molecule has 0 aliphatic carbocycles. The molecule has 0 bridgehead atoms. The van der Waals surface area contributed by atoms with Gasteiger partial charge in [0.15, 0.2) is 0 Å². The second-order valence-electron chi connectivity index (χ2n) is 13.6. The highest BCUT2D eigenvalue weighted by Crippen LogP contribution is 2.24. The first-order valence-electron chi connectivity index (χ1n) is 19.5. The van der Waals surface area contributed by atoms with Gasteiger partial charge in [-0.2, -0.15) is 0 Å². The average Bonchev–Trinajstić information content (AvgIpc) is 3.37. The first kappa shape index (κ1) is 38.4. The first-order chi connectivity index (χ1) is 20.3. The molecule has 0 aromatic heterocycles.